The van der Waals surface area contributed by atoms with E-state index in [1.54, 1.807) is 17.2 Å². The number of Topliss-reactive ketones (excluding diaryl/α,β-unsaturated/α-hetero) is 1. The molecular weight excluding hydrogens is 327 g/mol. The molecule has 1 unspecified atom stereocenters. The molecule has 3 aliphatic rings. The highest BCUT2D eigenvalue weighted by atomic mass is 19.1. The fourth-order valence-corrected chi connectivity index (χ4v) is 3.94. The molecule has 1 aromatic carbocycles. The Morgan fingerprint density at radius 1 is 1.44 bits per heavy atom. The van der Waals surface area contributed by atoms with Crippen LogP contribution in [0.5, 0.6) is 0 Å². The van der Waals surface area contributed by atoms with Crippen LogP contribution in [0.2, 0.25) is 0 Å². The minimum absolute atomic E-state index is 0.162. The largest absolute Gasteiger partial charge is 0.477 e. The van der Waals surface area contributed by atoms with Gasteiger partial charge < -0.3 is 14.7 Å². The second-order valence-electron chi connectivity index (χ2n) is 6.78. The van der Waals surface area contributed by atoms with Crippen LogP contribution in [0, 0.1) is 5.82 Å². The van der Waals surface area contributed by atoms with E-state index in [-0.39, 0.29) is 17.2 Å². The predicted molar refractivity (Wildman–Crippen MR) is 90.0 cm³/mol. The number of ether oxygens (including phenoxy) is 1. The van der Waals surface area contributed by atoms with E-state index in [9.17, 15) is 19.1 Å². The van der Waals surface area contributed by atoms with Crippen LogP contribution in [0.25, 0.3) is 0 Å². The van der Waals surface area contributed by atoms with E-state index in [2.05, 4.69) is 0 Å². The van der Waals surface area contributed by atoms with Crippen molar-refractivity contribution in [2.24, 2.45) is 0 Å². The van der Waals surface area contributed by atoms with Crippen LogP contribution in [0.1, 0.15) is 30.1 Å². The monoisotopic (exact) mass is 347 g/mol. The Bertz CT molecular complexity index is 797. The molecule has 1 saturated heterocycles. The summed E-state index contributed by atoms with van der Waals surface area (Å²) in [5.74, 6) is -2.40. The second kappa shape index (κ2) is 5.64. The highest BCUT2D eigenvalue weighted by Gasteiger charge is 2.51. The summed E-state index contributed by atoms with van der Waals surface area (Å²) in [6.45, 7) is 4.03. The summed E-state index contributed by atoms with van der Waals surface area (Å²) < 4.78 is 20.3. The standard InChI is InChI=1S/C18H19FN2O4/c1-2-21(11-3-4-11)9-13(18(23)24)17(22)12-7-14(19)15(8-16(12)21)20-5-6-25-10-20/h7-9,11H,2-6,10H2,1H3/p+1. The van der Waals surface area contributed by atoms with Gasteiger partial charge in [0.05, 0.1) is 30.4 Å². The highest BCUT2D eigenvalue weighted by Crippen LogP contribution is 2.46. The van der Waals surface area contributed by atoms with E-state index >= 15 is 0 Å². The molecule has 1 atom stereocenters. The zero-order valence-electron chi connectivity index (χ0n) is 14.0. The topological polar surface area (TPSA) is 66.8 Å². The van der Waals surface area contributed by atoms with Crippen LogP contribution in [0.4, 0.5) is 15.8 Å². The summed E-state index contributed by atoms with van der Waals surface area (Å²) in [6.07, 6.45) is 3.49. The number of quaternary nitrogens is 1. The fourth-order valence-electron chi connectivity index (χ4n) is 3.94. The molecule has 0 amide bonds. The minimum atomic E-state index is -1.26. The van der Waals surface area contributed by atoms with Crippen molar-refractivity contribution < 1.29 is 23.8 Å². The van der Waals surface area contributed by atoms with Crippen molar-refractivity contribution in [1.29, 1.82) is 0 Å². The van der Waals surface area contributed by atoms with Gasteiger partial charge in [0.2, 0.25) is 5.78 Å². The number of hydrogen-bond acceptors (Lipinski definition) is 4. The zero-order valence-corrected chi connectivity index (χ0v) is 14.0. The number of carboxylic acids is 1. The first-order valence-corrected chi connectivity index (χ1v) is 8.53. The van der Waals surface area contributed by atoms with Crippen LogP contribution in [-0.2, 0) is 9.53 Å². The van der Waals surface area contributed by atoms with E-state index in [0.717, 1.165) is 12.8 Å². The van der Waals surface area contributed by atoms with Crippen molar-refractivity contribution in [2.45, 2.75) is 25.8 Å². The lowest BCUT2D eigenvalue weighted by molar-refractivity contribution is -0.132. The molecule has 0 bridgehead atoms. The molecule has 0 spiro atoms. The molecule has 1 saturated carbocycles. The van der Waals surface area contributed by atoms with Gasteiger partial charge >= 0.3 is 5.97 Å². The van der Waals surface area contributed by atoms with Crippen LogP contribution in [-0.4, -0.2) is 49.3 Å². The van der Waals surface area contributed by atoms with E-state index in [1.165, 1.54) is 6.07 Å². The highest BCUT2D eigenvalue weighted by molar-refractivity contribution is 6.26. The van der Waals surface area contributed by atoms with Crippen molar-refractivity contribution in [3.05, 3.63) is 35.3 Å². The lowest BCUT2D eigenvalue weighted by Crippen LogP contribution is -2.50. The van der Waals surface area contributed by atoms with E-state index in [4.69, 9.17) is 4.74 Å². The summed E-state index contributed by atoms with van der Waals surface area (Å²) >= 11 is 0. The Morgan fingerprint density at radius 3 is 2.76 bits per heavy atom. The SMILES string of the molecule is CC[N+]1(C2CC2)C=C(C(=O)O)C(=O)c2cc(F)c(N3CCOC3)cc21. The third-order valence-corrected chi connectivity index (χ3v) is 5.41. The number of halogens is 1. The Kier molecular flexibility index (Phi) is 3.66. The number of carbonyl (C=O) groups excluding carboxylic acids is 1. The number of ketones is 1. The number of nitrogens with zero attached hydrogens (tertiary/aromatic N) is 2. The molecule has 1 N–H and O–H groups in total. The summed E-state index contributed by atoms with van der Waals surface area (Å²) in [6, 6.07) is 3.15. The molecule has 2 aliphatic heterocycles. The summed E-state index contributed by atoms with van der Waals surface area (Å²) in [4.78, 5) is 26.0. The summed E-state index contributed by atoms with van der Waals surface area (Å²) in [5.41, 5.74) is 1.00. The lowest BCUT2D eigenvalue weighted by atomic mass is 9.94. The van der Waals surface area contributed by atoms with Gasteiger partial charge in [-0.25, -0.2) is 9.18 Å². The Morgan fingerprint density at radius 2 is 2.20 bits per heavy atom. The van der Waals surface area contributed by atoms with Crippen LogP contribution in [0.15, 0.2) is 23.9 Å². The third kappa shape index (κ3) is 2.38. The maximum Gasteiger partial charge on any atom is 0.345 e. The van der Waals surface area contributed by atoms with E-state index in [0.29, 0.717) is 42.3 Å². The van der Waals surface area contributed by atoms with Crippen molar-refractivity contribution in [1.82, 2.24) is 4.48 Å². The molecule has 2 fully saturated rings. The van der Waals surface area contributed by atoms with Crippen molar-refractivity contribution in [3.8, 4) is 0 Å². The lowest BCUT2D eigenvalue weighted by Gasteiger charge is -2.38. The van der Waals surface area contributed by atoms with Gasteiger partial charge in [-0.2, -0.15) is 0 Å². The number of hydrogen-bond donors (Lipinski definition) is 1. The molecule has 6 nitrogen and oxygen atoms in total. The molecule has 2 heterocycles. The molecule has 4 rings (SSSR count). The first kappa shape index (κ1) is 16.2. The summed E-state index contributed by atoms with van der Waals surface area (Å²) in [7, 11) is 0. The van der Waals surface area contributed by atoms with Gasteiger partial charge in [-0.05, 0) is 13.0 Å². The van der Waals surface area contributed by atoms with Crippen molar-refractivity contribution in [3.63, 3.8) is 0 Å². The quantitative estimate of drug-likeness (QED) is 0.669. The average Bonchev–Trinajstić information content (AvgIpc) is 3.31. The van der Waals surface area contributed by atoms with Gasteiger partial charge in [0, 0.05) is 25.5 Å². The normalized spacial score (nSPS) is 25.8. The second-order valence-corrected chi connectivity index (χ2v) is 6.78. The predicted octanol–water partition coefficient (Wildman–Crippen LogP) is 2.27. The van der Waals surface area contributed by atoms with Gasteiger partial charge in [-0.15, -0.1) is 0 Å². The van der Waals surface area contributed by atoms with Gasteiger partial charge in [-0.1, -0.05) is 0 Å². The van der Waals surface area contributed by atoms with Crippen LogP contribution in [0.3, 0.4) is 0 Å². The Hall–Kier alpha value is -2.25. The van der Waals surface area contributed by atoms with Crippen LogP contribution < -0.4 is 9.38 Å². The number of anilines is 1. The molecule has 7 heteroatoms. The van der Waals surface area contributed by atoms with Crippen molar-refractivity contribution in [2.75, 3.05) is 31.3 Å². The van der Waals surface area contributed by atoms with Gasteiger partial charge in [0.25, 0.3) is 0 Å². The van der Waals surface area contributed by atoms with E-state index in [1.807, 2.05) is 6.92 Å². The first-order chi connectivity index (χ1) is 12.0. The maximum atomic E-state index is 14.7. The number of rotatable bonds is 4. The molecule has 132 valence electrons. The molecule has 1 aliphatic carbocycles. The van der Waals surface area contributed by atoms with Crippen molar-refractivity contribution >= 4 is 23.1 Å². The van der Waals surface area contributed by atoms with Gasteiger partial charge in [0.1, 0.15) is 18.7 Å². The number of aliphatic carboxylic acids is 1. The minimum Gasteiger partial charge on any atom is -0.477 e. The van der Waals surface area contributed by atoms with Crippen LogP contribution >= 0.6 is 0 Å². The number of benzene rings is 1. The zero-order chi connectivity index (χ0) is 17.8. The molecule has 25 heavy (non-hydrogen) atoms. The van der Waals surface area contributed by atoms with Gasteiger partial charge in [0.15, 0.2) is 11.3 Å². The Balaban J connectivity index is 1.93. The fraction of sp³-hybridized carbons (Fsp3) is 0.444. The van der Waals surface area contributed by atoms with E-state index < -0.39 is 17.6 Å². The molecule has 1 aromatic rings. The van der Waals surface area contributed by atoms with Gasteiger partial charge in [-0.3, -0.25) is 9.28 Å². The number of carboxylic acid groups (broad SMARTS) is 1. The number of carbonyl (C=O) groups is 2. The molecule has 0 radical (unpaired) electrons. The Labute approximate surface area is 144 Å². The smallest absolute Gasteiger partial charge is 0.345 e. The molecule has 0 aromatic heterocycles. The average molecular weight is 347 g/mol. The first-order valence-electron chi connectivity index (χ1n) is 8.53. The summed E-state index contributed by atoms with van der Waals surface area (Å²) in [5, 5.41) is 9.44. The maximum absolute atomic E-state index is 14.7. The number of fused-ring (bicyclic) bond motifs is 1. The molecular formula is C18H20FN2O4+. The third-order valence-electron chi connectivity index (χ3n) is 5.41.